The zero-order valence-corrected chi connectivity index (χ0v) is 3.12. The van der Waals surface area contributed by atoms with Gasteiger partial charge in [0.25, 0.3) is 0 Å². The predicted molar refractivity (Wildman–Crippen MR) is 15.6 cm³/mol. The topological polar surface area (TPSA) is 35.2 Å². The van der Waals surface area contributed by atoms with Crippen LogP contribution >= 0.6 is 0 Å². The molecule has 0 spiro atoms. The molecule has 5 heteroatoms. The highest BCUT2D eigenvalue weighted by Gasteiger charge is 2.01. The van der Waals surface area contributed by atoms with Gasteiger partial charge in [-0.1, -0.05) is 0 Å². The molecule has 0 aliphatic rings. The van der Waals surface area contributed by atoms with Crippen molar-refractivity contribution in [2.75, 3.05) is 0 Å². The molecule has 0 aliphatic carbocycles. The van der Waals surface area contributed by atoms with Crippen LogP contribution in [0.1, 0.15) is 0 Å². The summed E-state index contributed by atoms with van der Waals surface area (Å²) >= 11 is 0. The summed E-state index contributed by atoms with van der Waals surface area (Å²) in [4.78, 5) is 2.97. The van der Waals surface area contributed by atoms with Gasteiger partial charge in [0, 0.05) is 0 Å². The van der Waals surface area contributed by atoms with Crippen LogP contribution in [0.3, 0.4) is 0 Å². The molecule has 0 aromatic heterocycles. The lowest BCUT2D eigenvalue weighted by molar-refractivity contribution is 0.122. The molecule has 0 atom stereocenters. The second-order valence-electron chi connectivity index (χ2n) is 0.652. The van der Waals surface area contributed by atoms with Gasteiger partial charge >= 0.3 is 12.1 Å². The van der Waals surface area contributed by atoms with Crippen molar-refractivity contribution >= 4 is 0 Å². The quantitative estimate of drug-likeness (QED) is 0.405. The summed E-state index contributed by atoms with van der Waals surface area (Å²) in [7, 11) is 0. The van der Waals surface area contributed by atoms with E-state index in [9.17, 15) is 13.2 Å². The first-order chi connectivity index (χ1) is 3.18. The van der Waals surface area contributed by atoms with Crippen molar-refractivity contribution < 1.29 is 18.0 Å². The summed E-state index contributed by atoms with van der Waals surface area (Å²) < 4.78 is 32.5. The van der Waals surface area contributed by atoms with Gasteiger partial charge in [-0.2, -0.15) is 19.1 Å². The van der Waals surface area contributed by atoms with Gasteiger partial charge in [0.1, 0.15) is 0 Å². The molecule has 0 fully saturated rings. The van der Waals surface area contributed by atoms with Crippen LogP contribution in [0.25, 0.3) is 0 Å². The zero-order chi connectivity index (χ0) is 5.86. The Kier molecular flexibility index (Phi) is 2.21. The lowest BCUT2D eigenvalue weighted by atomic mass is 11.0. The molecule has 7 heavy (non-hydrogen) atoms. The molecule has 0 amide bonds. The van der Waals surface area contributed by atoms with Crippen molar-refractivity contribution in [3.05, 3.63) is 12.1 Å². The van der Waals surface area contributed by atoms with Crippen molar-refractivity contribution in [3.8, 4) is 0 Å². The average Bonchev–Trinajstić information content (AvgIpc) is 1.65. The van der Waals surface area contributed by atoms with Gasteiger partial charge in [-0.15, -0.1) is 0 Å². The van der Waals surface area contributed by atoms with E-state index in [2.05, 4.69) is 10.7 Å². The fourth-order valence-corrected chi connectivity index (χ4v) is 0.0445. The lowest BCUT2D eigenvalue weighted by Gasteiger charge is -1.85. The molecule has 0 saturated heterocycles. The van der Waals surface area contributed by atoms with E-state index in [1.165, 1.54) is 0 Å². The third-order valence-corrected chi connectivity index (χ3v) is 0.252. The summed E-state index contributed by atoms with van der Waals surface area (Å²) in [5, 5.41) is 0. The van der Waals surface area contributed by atoms with Crippen LogP contribution in [0, 0.1) is 0 Å². The molecule has 42 valence electrons. The first-order valence-corrected chi connectivity index (χ1v) is 1.26. The standard InChI is InChI=1S/C2H2F3NO/c3-1(4)2(5)7-6/h6H2. The summed E-state index contributed by atoms with van der Waals surface area (Å²) in [6.07, 6.45) is -2.55. The normalized spacial score (nSPS) is 8.00. The van der Waals surface area contributed by atoms with E-state index in [1.54, 1.807) is 0 Å². The number of nitrogens with two attached hydrogens (primary N) is 1. The van der Waals surface area contributed by atoms with Crippen LogP contribution in [0.5, 0.6) is 0 Å². The van der Waals surface area contributed by atoms with E-state index in [-0.39, 0.29) is 0 Å². The zero-order valence-electron chi connectivity index (χ0n) is 3.12. The van der Waals surface area contributed by atoms with Crippen molar-refractivity contribution in [2.24, 2.45) is 5.90 Å². The highest BCUT2D eigenvalue weighted by atomic mass is 19.3. The Morgan fingerprint density at radius 1 is 1.29 bits per heavy atom. The van der Waals surface area contributed by atoms with Gasteiger partial charge in [-0.05, 0) is 0 Å². The van der Waals surface area contributed by atoms with Crippen LogP contribution in [0.2, 0.25) is 0 Å². The molecule has 0 radical (unpaired) electrons. The van der Waals surface area contributed by atoms with Gasteiger partial charge in [0.05, 0.1) is 0 Å². The van der Waals surface area contributed by atoms with Crippen LogP contribution < -0.4 is 5.90 Å². The highest BCUT2D eigenvalue weighted by Crippen LogP contribution is 2.06. The number of halogens is 3. The number of hydrogen-bond donors (Lipinski definition) is 1. The maximum Gasteiger partial charge on any atom is 0.358 e. The molecule has 0 rings (SSSR count). The Balaban J connectivity index is 3.72. The minimum Gasteiger partial charge on any atom is -0.376 e. The minimum atomic E-state index is -2.55. The van der Waals surface area contributed by atoms with Gasteiger partial charge in [-0.3, -0.25) is 0 Å². The number of hydrogen-bond acceptors (Lipinski definition) is 2. The Hall–Kier alpha value is -0.710. The first kappa shape index (κ1) is 6.29. The van der Waals surface area contributed by atoms with Crippen LogP contribution in [-0.2, 0) is 4.84 Å². The van der Waals surface area contributed by atoms with Crippen LogP contribution in [0.4, 0.5) is 13.2 Å². The van der Waals surface area contributed by atoms with Gasteiger partial charge in [0.2, 0.25) is 0 Å². The first-order valence-electron chi connectivity index (χ1n) is 1.26. The second kappa shape index (κ2) is 2.46. The van der Waals surface area contributed by atoms with E-state index in [0.29, 0.717) is 0 Å². The average molecular weight is 113 g/mol. The molecule has 2 N–H and O–H groups in total. The second-order valence-corrected chi connectivity index (χ2v) is 0.652. The van der Waals surface area contributed by atoms with Gasteiger partial charge in [0.15, 0.2) is 0 Å². The van der Waals surface area contributed by atoms with E-state index < -0.39 is 12.1 Å². The monoisotopic (exact) mass is 113 g/mol. The van der Waals surface area contributed by atoms with Gasteiger partial charge in [-0.25, -0.2) is 0 Å². The summed E-state index contributed by atoms with van der Waals surface area (Å²) in [6.45, 7) is 0. The van der Waals surface area contributed by atoms with Crippen LogP contribution in [-0.4, -0.2) is 0 Å². The maximum absolute atomic E-state index is 11.0. The van der Waals surface area contributed by atoms with Crippen molar-refractivity contribution in [3.63, 3.8) is 0 Å². The smallest absolute Gasteiger partial charge is 0.358 e. The molecule has 0 aromatic rings. The third kappa shape index (κ3) is 2.05. The van der Waals surface area contributed by atoms with E-state index in [1.807, 2.05) is 0 Å². The maximum atomic E-state index is 11.0. The highest BCUT2D eigenvalue weighted by molar-refractivity contribution is 4.78. The molecular weight excluding hydrogens is 111 g/mol. The van der Waals surface area contributed by atoms with E-state index >= 15 is 0 Å². The third-order valence-electron chi connectivity index (χ3n) is 0.252. The fraction of sp³-hybridized carbons (Fsp3) is 0. The molecule has 0 aliphatic heterocycles. The molecule has 0 heterocycles. The molecule has 2 nitrogen and oxygen atoms in total. The van der Waals surface area contributed by atoms with Crippen molar-refractivity contribution in [1.29, 1.82) is 0 Å². The molecule has 0 aromatic carbocycles. The molecule has 0 unspecified atom stereocenters. The van der Waals surface area contributed by atoms with Gasteiger partial charge < -0.3 is 4.84 Å². The Labute approximate surface area is 37.3 Å². The number of rotatable bonds is 1. The summed E-state index contributed by atoms with van der Waals surface area (Å²) in [5.74, 6) is 3.96. The van der Waals surface area contributed by atoms with Crippen LogP contribution in [0.15, 0.2) is 12.1 Å². The van der Waals surface area contributed by atoms with E-state index in [0.717, 1.165) is 0 Å². The summed E-state index contributed by atoms with van der Waals surface area (Å²) in [5.41, 5.74) is 0. The van der Waals surface area contributed by atoms with E-state index in [4.69, 9.17) is 0 Å². The fourth-order valence-electron chi connectivity index (χ4n) is 0.0445. The predicted octanol–water partition coefficient (Wildman–Crippen LogP) is 0.912. The Morgan fingerprint density at radius 2 is 1.71 bits per heavy atom. The van der Waals surface area contributed by atoms with Crippen molar-refractivity contribution in [2.45, 2.75) is 0 Å². The molecule has 0 bridgehead atoms. The lowest BCUT2D eigenvalue weighted by Crippen LogP contribution is -1.94. The summed E-state index contributed by atoms with van der Waals surface area (Å²) in [6, 6.07) is -2.04. The van der Waals surface area contributed by atoms with Crippen molar-refractivity contribution in [1.82, 2.24) is 0 Å². The largest absolute Gasteiger partial charge is 0.376 e. The Morgan fingerprint density at radius 3 is 1.71 bits per heavy atom. The minimum absolute atomic E-state index is 2.04. The SMILES string of the molecule is NOC(F)=C(F)F. The molecule has 0 saturated carbocycles. The molecular formula is C2H2F3NO. The Bertz CT molecular complexity index is 86.9.